The summed E-state index contributed by atoms with van der Waals surface area (Å²) in [5.74, 6) is -3.60. The van der Waals surface area contributed by atoms with Gasteiger partial charge in [0.1, 0.15) is 6.04 Å². The van der Waals surface area contributed by atoms with Crippen LogP contribution in [0.4, 0.5) is 0 Å². The van der Waals surface area contributed by atoms with E-state index in [1.807, 2.05) is 41.5 Å². The number of nitrogens with two attached hydrogens (primary N) is 1. The van der Waals surface area contributed by atoms with Gasteiger partial charge in [-0.2, -0.15) is 0 Å². The Morgan fingerprint density at radius 3 is 1.87 bits per heavy atom. The van der Waals surface area contributed by atoms with Crippen molar-refractivity contribution in [1.29, 1.82) is 0 Å². The molecule has 0 saturated carbocycles. The third-order valence-electron chi connectivity index (χ3n) is 4.46. The van der Waals surface area contributed by atoms with Gasteiger partial charge in [-0.3, -0.25) is 14.4 Å². The topological polar surface area (TPSA) is 159 Å². The number of carboxylic acid groups (broad SMARTS) is 2. The van der Waals surface area contributed by atoms with Crippen molar-refractivity contribution in [2.45, 2.75) is 91.3 Å². The zero-order valence-corrected chi connectivity index (χ0v) is 19.1. The van der Waals surface area contributed by atoms with Crippen LogP contribution in [0.1, 0.15) is 73.6 Å². The molecule has 1 unspecified atom stereocenters. The van der Waals surface area contributed by atoms with Crippen molar-refractivity contribution in [1.82, 2.24) is 10.6 Å². The number of amides is 1. The molecule has 0 aliphatic heterocycles. The lowest BCUT2D eigenvalue weighted by molar-refractivity contribution is -0.143. The number of hydrogen-bond donors (Lipinski definition) is 5. The van der Waals surface area contributed by atoms with Gasteiger partial charge >= 0.3 is 11.9 Å². The molecule has 9 heteroatoms. The highest BCUT2D eigenvalue weighted by molar-refractivity contribution is 5.87. The van der Waals surface area contributed by atoms with E-state index in [1.54, 1.807) is 0 Å². The Labute approximate surface area is 179 Å². The molecular weight excluding hydrogens is 390 g/mol. The van der Waals surface area contributed by atoms with Crippen LogP contribution in [0.15, 0.2) is 0 Å². The second-order valence-corrected chi connectivity index (χ2v) is 9.98. The van der Waals surface area contributed by atoms with Gasteiger partial charge in [0.25, 0.3) is 0 Å². The Morgan fingerprint density at radius 1 is 0.900 bits per heavy atom. The van der Waals surface area contributed by atoms with E-state index in [2.05, 4.69) is 10.6 Å². The van der Waals surface area contributed by atoms with Gasteiger partial charge in [-0.05, 0) is 45.4 Å². The molecule has 0 aliphatic rings. The van der Waals surface area contributed by atoms with Crippen LogP contribution >= 0.6 is 0 Å². The van der Waals surface area contributed by atoms with Gasteiger partial charge in [0.2, 0.25) is 5.91 Å². The van der Waals surface area contributed by atoms with E-state index in [1.165, 1.54) is 0 Å². The van der Waals surface area contributed by atoms with Crippen LogP contribution in [0, 0.1) is 11.3 Å². The van der Waals surface area contributed by atoms with Crippen LogP contribution in [0.2, 0.25) is 0 Å². The Kier molecular flexibility index (Phi) is 11.2. The van der Waals surface area contributed by atoms with Gasteiger partial charge in [-0.15, -0.1) is 0 Å². The fourth-order valence-corrected chi connectivity index (χ4v) is 3.16. The second-order valence-electron chi connectivity index (χ2n) is 9.98. The average Bonchev–Trinajstić information content (AvgIpc) is 2.57. The lowest BCUT2D eigenvalue weighted by atomic mass is 9.82. The number of carbonyl (C=O) groups excluding carboxylic acids is 2. The summed E-state index contributed by atoms with van der Waals surface area (Å²) >= 11 is 0. The maximum Gasteiger partial charge on any atom is 0.326 e. The van der Waals surface area contributed by atoms with Crippen LogP contribution in [-0.4, -0.2) is 58.0 Å². The highest BCUT2D eigenvalue weighted by Gasteiger charge is 2.30. The fourth-order valence-electron chi connectivity index (χ4n) is 3.16. The minimum Gasteiger partial charge on any atom is -0.481 e. The molecule has 0 saturated heterocycles. The molecule has 0 aromatic carbocycles. The largest absolute Gasteiger partial charge is 0.481 e. The number of rotatable bonds is 13. The van der Waals surface area contributed by atoms with Crippen molar-refractivity contribution in [2.75, 3.05) is 6.54 Å². The molecule has 30 heavy (non-hydrogen) atoms. The standard InChI is InChI=1S/C21H39N3O6/c1-20(2,3)11-13(7-10-17(26)27)18(28)23-14(19(29)30)8-9-16(25)15(12-22)24-21(4,5)6/h13-15,24H,7-12,22H2,1-6H3,(H,23,28)(H,26,27)(H,29,30)/t13-,14?,15+/m1/s1. The molecule has 0 fully saturated rings. The number of carbonyl (C=O) groups is 4. The molecule has 0 aliphatic carbocycles. The van der Waals surface area contributed by atoms with Crippen molar-refractivity contribution < 1.29 is 29.4 Å². The molecule has 3 atom stereocenters. The average molecular weight is 430 g/mol. The lowest BCUT2D eigenvalue weighted by Crippen LogP contribution is -2.52. The van der Waals surface area contributed by atoms with E-state index >= 15 is 0 Å². The molecule has 6 N–H and O–H groups in total. The number of Topliss-reactive ketones (excluding diaryl/α,β-unsaturated/α-hetero) is 1. The Balaban J connectivity index is 5.10. The van der Waals surface area contributed by atoms with Crippen molar-refractivity contribution in [3.05, 3.63) is 0 Å². The molecule has 9 nitrogen and oxygen atoms in total. The summed E-state index contributed by atoms with van der Waals surface area (Å²) in [5, 5.41) is 24.0. The third-order valence-corrected chi connectivity index (χ3v) is 4.46. The van der Waals surface area contributed by atoms with E-state index in [0.29, 0.717) is 6.42 Å². The Morgan fingerprint density at radius 2 is 1.47 bits per heavy atom. The van der Waals surface area contributed by atoms with E-state index in [9.17, 15) is 24.3 Å². The maximum atomic E-state index is 12.7. The maximum absolute atomic E-state index is 12.7. The lowest BCUT2D eigenvalue weighted by Gasteiger charge is -2.28. The van der Waals surface area contributed by atoms with Gasteiger partial charge in [0.05, 0.1) is 6.04 Å². The first-order chi connectivity index (χ1) is 13.6. The zero-order valence-electron chi connectivity index (χ0n) is 19.1. The Hall–Kier alpha value is -2.00. The van der Waals surface area contributed by atoms with Crippen LogP contribution in [0.3, 0.4) is 0 Å². The van der Waals surface area contributed by atoms with Gasteiger partial charge in [-0.1, -0.05) is 20.8 Å². The quantitative estimate of drug-likeness (QED) is 0.295. The number of nitrogens with one attached hydrogen (secondary N) is 2. The number of hydrogen-bond acceptors (Lipinski definition) is 6. The summed E-state index contributed by atoms with van der Waals surface area (Å²) in [5.41, 5.74) is 5.10. The number of ketones is 1. The summed E-state index contributed by atoms with van der Waals surface area (Å²) in [7, 11) is 0. The van der Waals surface area contributed by atoms with Crippen molar-refractivity contribution >= 4 is 23.6 Å². The zero-order chi connectivity index (χ0) is 23.7. The molecule has 0 aromatic heterocycles. The van der Waals surface area contributed by atoms with E-state index < -0.39 is 35.8 Å². The number of carboxylic acids is 2. The summed E-state index contributed by atoms with van der Waals surface area (Å²) in [6.07, 6.45) is 0.238. The highest BCUT2D eigenvalue weighted by Crippen LogP contribution is 2.27. The van der Waals surface area contributed by atoms with Gasteiger partial charge in [0, 0.05) is 30.8 Å². The SMILES string of the molecule is CC(C)(C)C[C@@H](CCC(=O)O)C(=O)NC(CCC(=O)[C@H](CN)NC(C)(C)C)C(=O)O. The number of aliphatic carboxylic acids is 2. The summed E-state index contributed by atoms with van der Waals surface area (Å²) in [6, 6.07) is -1.83. The minimum atomic E-state index is -1.24. The van der Waals surface area contributed by atoms with Gasteiger partial charge in [-0.25, -0.2) is 4.79 Å². The molecule has 0 bridgehead atoms. The predicted octanol–water partition coefficient (Wildman–Crippen LogP) is 1.54. The second kappa shape index (κ2) is 12.0. The summed E-state index contributed by atoms with van der Waals surface area (Å²) < 4.78 is 0. The smallest absolute Gasteiger partial charge is 0.326 e. The third kappa shape index (κ3) is 12.5. The molecule has 0 radical (unpaired) electrons. The fraction of sp³-hybridized carbons (Fsp3) is 0.810. The van der Waals surface area contributed by atoms with Crippen LogP contribution in [-0.2, 0) is 19.2 Å². The normalized spacial score (nSPS) is 15.2. The van der Waals surface area contributed by atoms with Gasteiger partial charge in [0.15, 0.2) is 5.78 Å². The van der Waals surface area contributed by atoms with Crippen molar-refractivity contribution in [2.24, 2.45) is 17.1 Å². The summed E-state index contributed by atoms with van der Waals surface area (Å²) in [4.78, 5) is 47.7. The summed E-state index contributed by atoms with van der Waals surface area (Å²) in [6.45, 7) is 11.6. The van der Waals surface area contributed by atoms with Crippen molar-refractivity contribution in [3.8, 4) is 0 Å². The monoisotopic (exact) mass is 429 g/mol. The van der Waals surface area contributed by atoms with Crippen LogP contribution in [0.25, 0.3) is 0 Å². The predicted molar refractivity (Wildman–Crippen MR) is 114 cm³/mol. The molecule has 174 valence electrons. The first-order valence-corrected chi connectivity index (χ1v) is 10.3. The van der Waals surface area contributed by atoms with Crippen LogP contribution < -0.4 is 16.4 Å². The Bertz CT molecular complexity index is 607. The van der Waals surface area contributed by atoms with Gasteiger partial charge < -0.3 is 26.6 Å². The van der Waals surface area contributed by atoms with E-state index in [4.69, 9.17) is 10.8 Å². The molecule has 0 heterocycles. The highest BCUT2D eigenvalue weighted by atomic mass is 16.4. The molecule has 0 aromatic rings. The van der Waals surface area contributed by atoms with E-state index in [-0.39, 0.29) is 49.0 Å². The first-order valence-electron chi connectivity index (χ1n) is 10.3. The minimum absolute atomic E-state index is 0.0543. The first kappa shape index (κ1) is 28.0. The van der Waals surface area contributed by atoms with Crippen LogP contribution in [0.5, 0.6) is 0 Å². The van der Waals surface area contributed by atoms with E-state index in [0.717, 1.165) is 0 Å². The molecular formula is C21H39N3O6. The molecule has 0 rings (SSSR count). The molecule has 0 spiro atoms. The molecule has 1 amide bonds. The van der Waals surface area contributed by atoms with Crippen molar-refractivity contribution in [3.63, 3.8) is 0 Å².